The molecule has 0 N–H and O–H groups in total. The lowest BCUT2D eigenvalue weighted by Crippen LogP contribution is -2.51. The molecule has 0 aliphatic heterocycles. The molecule has 0 aliphatic carbocycles. The maximum absolute atomic E-state index is 13.1. The second-order valence-corrected chi connectivity index (χ2v) is 7.39. The molecule has 0 aliphatic rings. The van der Waals surface area contributed by atoms with E-state index < -0.39 is 46.7 Å². The van der Waals surface area contributed by atoms with Gasteiger partial charge in [-0.2, -0.15) is 52.7 Å². The lowest BCUT2D eigenvalue weighted by Gasteiger charge is -2.34. The highest BCUT2D eigenvalue weighted by Crippen LogP contribution is 2.53. The van der Waals surface area contributed by atoms with E-state index in [1.807, 2.05) is 0 Å². The Bertz CT molecular complexity index is 840. The quantitative estimate of drug-likeness (QED) is 0.386. The Morgan fingerprint density at radius 2 is 0.636 bits per heavy atom. The molecule has 2 rings (SSSR count). The number of rotatable bonds is 4. The van der Waals surface area contributed by atoms with E-state index in [9.17, 15) is 52.7 Å². The van der Waals surface area contributed by atoms with Crippen molar-refractivity contribution in [2.45, 2.75) is 49.4 Å². The summed E-state index contributed by atoms with van der Waals surface area (Å²) in [6.07, 6.45) is -22.7. The summed E-state index contributed by atoms with van der Waals surface area (Å²) in [5.41, 5.74) is -10.6. The van der Waals surface area contributed by atoms with Crippen molar-refractivity contribution in [2.24, 2.45) is 0 Å². The molecule has 13 heteroatoms. The molecule has 0 atom stereocenters. The van der Waals surface area contributed by atoms with Crippen molar-refractivity contribution < 1.29 is 57.4 Å². The van der Waals surface area contributed by atoms with Crippen molar-refractivity contribution in [3.8, 4) is 11.5 Å². The van der Waals surface area contributed by atoms with E-state index in [4.69, 9.17) is 4.74 Å². The van der Waals surface area contributed by atoms with Crippen molar-refractivity contribution in [3.63, 3.8) is 0 Å². The number of hydrogen-bond donors (Lipinski definition) is 0. The first kappa shape index (κ1) is 26.7. The highest BCUT2D eigenvalue weighted by Gasteiger charge is 2.69. The van der Waals surface area contributed by atoms with E-state index in [0.717, 1.165) is 24.3 Å². The van der Waals surface area contributed by atoms with Crippen LogP contribution < -0.4 is 4.74 Å². The maximum atomic E-state index is 13.1. The Morgan fingerprint density at radius 1 is 0.424 bits per heavy atom. The topological polar surface area (TPSA) is 9.23 Å². The molecule has 33 heavy (non-hydrogen) atoms. The van der Waals surface area contributed by atoms with Crippen LogP contribution in [0.5, 0.6) is 11.5 Å². The Kier molecular flexibility index (Phi) is 6.47. The van der Waals surface area contributed by atoms with Crippen LogP contribution in [0.4, 0.5) is 52.7 Å². The maximum Gasteiger partial charge on any atom is 0.406 e. The highest BCUT2D eigenvalue weighted by molar-refractivity contribution is 5.39. The van der Waals surface area contributed by atoms with E-state index in [1.54, 1.807) is 0 Å². The third-order valence-corrected chi connectivity index (χ3v) is 5.37. The van der Waals surface area contributed by atoms with Gasteiger partial charge in [0.1, 0.15) is 11.5 Å². The van der Waals surface area contributed by atoms with Gasteiger partial charge in [-0.3, -0.25) is 0 Å². The van der Waals surface area contributed by atoms with E-state index in [2.05, 4.69) is 0 Å². The molecular weight excluding hydrogens is 484 g/mol. The standard InChI is InChI=1S/C20H14F12O/c1-15(17(21,22)23,18(24,25)26)11-3-7-13(8-4-11)33-14-9-5-12(6-10-14)16(2,19(27,28)29)20(30,31)32/h3-10H,1-2H3. The molecule has 0 aromatic heterocycles. The van der Waals surface area contributed by atoms with Crippen molar-refractivity contribution in [3.05, 3.63) is 59.7 Å². The van der Waals surface area contributed by atoms with Gasteiger partial charge in [0.2, 0.25) is 0 Å². The molecule has 0 heterocycles. The third kappa shape index (κ3) is 4.58. The highest BCUT2D eigenvalue weighted by atomic mass is 19.4. The molecule has 1 nitrogen and oxygen atoms in total. The SMILES string of the molecule is CC(c1ccc(Oc2ccc(C(C)(C(F)(F)F)C(F)(F)F)cc2)cc1)(C(F)(F)F)C(F)(F)F. The van der Waals surface area contributed by atoms with E-state index >= 15 is 0 Å². The van der Waals surface area contributed by atoms with Gasteiger partial charge in [-0.1, -0.05) is 24.3 Å². The zero-order valence-electron chi connectivity index (χ0n) is 16.6. The van der Waals surface area contributed by atoms with Crippen LogP contribution in [-0.2, 0) is 10.8 Å². The average molecular weight is 498 g/mol. The first-order valence-corrected chi connectivity index (χ1v) is 8.82. The molecule has 0 fully saturated rings. The first-order valence-electron chi connectivity index (χ1n) is 8.82. The monoisotopic (exact) mass is 498 g/mol. The van der Waals surface area contributed by atoms with Gasteiger partial charge < -0.3 is 4.74 Å². The van der Waals surface area contributed by atoms with Crippen LogP contribution in [0.15, 0.2) is 48.5 Å². The molecule has 2 aromatic carbocycles. The molecule has 0 radical (unpaired) electrons. The fraction of sp³-hybridized carbons (Fsp3) is 0.400. The molecule has 0 spiro atoms. The normalized spacial score (nSPS) is 14.4. The van der Waals surface area contributed by atoms with Gasteiger partial charge in [-0.25, -0.2) is 0 Å². The number of benzene rings is 2. The molecule has 0 amide bonds. The first-order chi connectivity index (χ1) is 14.7. The molecule has 0 saturated carbocycles. The molecule has 0 bridgehead atoms. The van der Waals surface area contributed by atoms with E-state index in [1.165, 1.54) is 0 Å². The summed E-state index contributed by atoms with van der Waals surface area (Å²) >= 11 is 0. The van der Waals surface area contributed by atoms with Gasteiger partial charge in [0.15, 0.2) is 10.8 Å². The van der Waals surface area contributed by atoms with Gasteiger partial charge in [0.05, 0.1) is 0 Å². The fourth-order valence-electron chi connectivity index (χ4n) is 2.82. The minimum absolute atomic E-state index is 0.0418. The molecule has 0 unspecified atom stereocenters. The van der Waals surface area contributed by atoms with Crippen LogP contribution in [0.1, 0.15) is 25.0 Å². The van der Waals surface area contributed by atoms with Gasteiger partial charge >= 0.3 is 24.7 Å². The van der Waals surface area contributed by atoms with Crippen LogP contribution in [0, 0.1) is 0 Å². The second kappa shape index (κ2) is 8.01. The molecule has 2 aromatic rings. The number of alkyl halides is 12. The van der Waals surface area contributed by atoms with Crippen molar-refractivity contribution >= 4 is 0 Å². The summed E-state index contributed by atoms with van der Waals surface area (Å²) in [7, 11) is 0. The lowest BCUT2D eigenvalue weighted by molar-refractivity contribution is -0.298. The average Bonchev–Trinajstić information content (AvgIpc) is 2.64. The molecule has 0 saturated heterocycles. The van der Waals surface area contributed by atoms with Crippen molar-refractivity contribution in [1.29, 1.82) is 0 Å². The zero-order valence-corrected chi connectivity index (χ0v) is 16.6. The summed E-state index contributed by atoms with van der Waals surface area (Å²) in [6, 6.07) is 5.07. The van der Waals surface area contributed by atoms with Gasteiger partial charge in [0.25, 0.3) is 0 Å². The van der Waals surface area contributed by atoms with Crippen LogP contribution in [0.25, 0.3) is 0 Å². The van der Waals surface area contributed by atoms with Gasteiger partial charge in [-0.15, -0.1) is 0 Å². The summed E-state index contributed by atoms with van der Waals surface area (Å²) in [5.74, 6) is -0.597. The van der Waals surface area contributed by atoms with Crippen LogP contribution >= 0.6 is 0 Å². The van der Waals surface area contributed by atoms with Crippen molar-refractivity contribution in [1.82, 2.24) is 0 Å². The zero-order chi connectivity index (χ0) is 25.7. The number of hydrogen-bond acceptors (Lipinski definition) is 1. The van der Waals surface area contributed by atoms with E-state index in [-0.39, 0.29) is 25.3 Å². The number of halogens is 12. The largest absolute Gasteiger partial charge is 0.457 e. The molecule has 184 valence electrons. The summed E-state index contributed by atoms with van der Waals surface area (Å²) in [6.45, 7) is -0.0836. The Morgan fingerprint density at radius 3 is 0.818 bits per heavy atom. The summed E-state index contributed by atoms with van der Waals surface area (Å²) in [5, 5.41) is 0. The Hall–Kier alpha value is -2.60. The number of ether oxygens (including phenoxy) is 1. The van der Waals surface area contributed by atoms with Gasteiger partial charge in [0, 0.05) is 0 Å². The predicted octanol–water partition coefficient (Wildman–Crippen LogP) is 8.24. The summed E-state index contributed by atoms with van der Waals surface area (Å²) in [4.78, 5) is 0. The minimum Gasteiger partial charge on any atom is -0.457 e. The van der Waals surface area contributed by atoms with Crippen LogP contribution in [0.3, 0.4) is 0 Å². The lowest BCUT2D eigenvalue weighted by atomic mass is 9.81. The Balaban J connectivity index is 2.34. The Labute approximate surface area is 179 Å². The van der Waals surface area contributed by atoms with Crippen LogP contribution in [-0.4, -0.2) is 24.7 Å². The van der Waals surface area contributed by atoms with Crippen LogP contribution in [0.2, 0.25) is 0 Å². The second-order valence-electron chi connectivity index (χ2n) is 7.39. The summed E-state index contributed by atoms with van der Waals surface area (Å²) < 4.78 is 163. The fourth-order valence-corrected chi connectivity index (χ4v) is 2.82. The van der Waals surface area contributed by atoms with E-state index in [0.29, 0.717) is 24.3 Å². The minimum atomic E-state index is -5.67. The third-order valence-electron chi connectivity index (χ3n) is 5.37. The molecular formula is C20H14F12O. The predicted molar refractivity (Wildman–Crippen MR) is 91.9 cm³/mol. The van der Waals surface area contributed by atoms with Crippen molar-refractivity contribution in [2.75, 3.05) is 0 Å². The van der Waals surface area contributed by atoms with Gasteiger partial charge in [-0.05, 0) is 49.2 Å². The smallest absolute Gasteiger partial charge is 0.406 e.